The molecule has 0 spiro atoms. The van der Waals surface area contributed by atoms with Gasteiger partial charge in [0, 0.05) is 24.6 Å². The first-order chi connectivity index (χ1) is 14.0. The van der Waals surface area contributed by atoms with Crippen molar-refractivity contribution < 1.29 is 0 Å². The molecule has 0 saturated heterocycles. The van der Waals surface area contributed by atoms with Gasteiger partial charge in [-0.15, -0.1) is 11.3 Å². The van der Waals surface area contributed by atoms with Crippen LogP contribution in [-0.4, -0.2) is 0 Å². The van der Waals surface area contributed by atoms with Crippen molar-refractivity contribution >= 4 is 69.0 Å². The second-order valence-electron chi connectivity index (χ2n) is 7.82. The van der Waals surface area contributed by atoms with Crippen LogP contribution in [0.15, 0.2) is 63.9 Å². The molecule has 5 aromatic rings. The van der Waals surface area contributed by atoms with Crippen molar-refractivity contribution in [2.75, 3.05) is 0 Å². The Kier molecular flexibility index (Phi) is 4.68. The summed E-state index contributed by atoms with van der Waals surface area (Å²) in [6, 6.07) is 19.3. The van der Waals surface area contributed by atoms with Crippen LogP contribution in [-0.2, 0) is 6.42 Å². The van der Waals surface area contributed by atoms with Crippen molar-refractivity contribution in [3.8, 4) is 0 Å². The highest BCUT2D eigenvalue weighted by Gasteiger charge is 2.10. The Balaban J connectivity index is 1.81. The first-order valence-electron chi connectivity index (χ1n) is 10.1. The van der Waals surface area contributed by atoms with Gasteiger partial charge in [0.1, 0.15) is 0 Å². The Morgan fingerprint density at radius 3 is 2.38 bits per heavy atom. The van der Waals surface area contributed by atoms with Gasteiger partial charge in [-0.05, 0) is 94.9 Å². The van der Waals surface area contributed by atoms with Gasteiger partial charge >= 0.3 is 0 Å². The van der Waals surface area contributed by atoms with Gasteiger partial charge in [-0.1, -0.05) is 41.4 Å². The zero-order valence-electron chi connectivity index (χ0n) is 16.5. The van der Waals surface area contributed by atoms with Gasteiger partial charge in [0.05, 0.1) is 0 Å². The van der Waals surface area contributed by atoms with Gasteiger partial charge in [-0.2, -0.15) is 0 Å². The number of aryl methyl sites for hydroxylation is 2. The van der Waals surface area contributed by atoms with Gasteiger partial charge in [0.2, 0.25) is 0 Å². The predicted octanol–water partition coefficient (Wildman–Crippen LogP) is 8.13. The molecule has 1 aromatic heterocycles. The molecular formula is C26H21BrOS. The fraction of sp³-hybridized carbons (Fsp3) is 0.192. The van der Waals surface area contributed by atoms with E-state index in [0.29, 0.717) is 0 Å². The standard InChI is InChI=1S/C26H21BrOS/c1-3-4-5-16-7-9-24-21(10-16)26(28)22-13-17-12-20-19(15(2)6-8-23(20)27)11-18(17)14-25(22)29-24/h6-14H,3-5H2,1-2H3. The molecule has 144 valence electrons. The van der Waals surface area contributed by atoms with Crippen LogP contribution >= 0.6 is 27.3 Å². The summed E-state index contributed by atoms with van der Waals surface area (Å²) in [4.78, 5) is 13.3. The smallest absolute Gasteiger partial charge is 0.195 e. The summed E-state index contributed by atoms with van der Waals surface area (Å²) in [6.45, 7) is 4.34. The molecule has 4 aromatic carbocycles. The number of benzene rings is 4. The predicted molar refractivity (Wildman–Crippen MR) is 132 cm³/mol. The molecule has 0 radical (unpaired) electrons. The fourth-order valence-corrected chi connectivity index (χ4v) is 5.68. The van der Waals surface area contributed by atoms with Crippen LogP contribution in [0.1, 0.15) is 30.9 Å². The topological polar surface area (TPSA) is 17.1 Å². The SMILES string of the molecule is CCCCc1ccc2sc3cc4cc5c(C)ccc(Br)c5cc4cc3c(=O)c2c1. The lowest BCUT2D eigenvalue weighted by atomic mass is 9.99. The number of hydrogen-bond donors (Lipinski definition) is 0. The molecule has 29 heavy (non-hydrogen) atoms. The van der Waals surface area contributed by atoms with E-state index in [0.717, 1.165) is 49.3 Å². The lowest BCUT2D eigenvalue weighted by Gasteiger charge is -2.09. The summed E-state index contributed by atoms with van der Waals surface area (Å²) < 4.78 is 3.22. The van der Waals surface area contributed by atoms with Crippen molar-refractivity contribution in [3.05, 3.63) is 80.4 Å². The van der Waals surface area contributed by atoms with E-state index in [2.05, 4.69) is 84.4 Å². The second-order valence-corrected chi connectivity index (χ2v) is 9.76. The third-order valence-electron chi connectivity index (χ3n) is 5.81. The summed E-state index contributed by atoms with van der Waals surface area (Å²) >= 11 is 5.40. The molecule has 0 bridgehead atoms. The minimum atomic E-state index is 0.150. The summed E-state index contributed by atoms with van der Waals surface area (Å²) in [5.41, 5.74) is 2.67. The Bertz CT molecular complexity index is 1480. The monoisotopic (exact) mass is 460 g/mol. The highest BCUT2D eigenvalue weighted by Crippen LogP contribution is 2.34. The van der Waals surface area contributed by atoms with E-state index >= 15 is 0 Å². The molecule has 0 atom stereocenters. The zero-order valence-corrected chi connectivity index (χ0v) is 18.9. The first kappa shape index (κ1) is 18.8. The van der Waals surface area contributed by atoms with Crippen LogP contribution in [0.4, 0.5) is 0 Å². The van der Waals surface area contributed by atoms with E-state index in [1.807, 2.05) is 0 Å². The van der Waals surface area contributed by atoms with Gasteiger partial charge in [-0.25, -0.2) is 0 Å². The molecule has 0 N–H and O–H groups in total. The number of fused-ring (bicyclic) bond motifs is 4. The number of rotatable bonds is 3. The molecule has 5 rings (SSSR count). The van der Waals surface area contributed by atoms with Crippen molar-refractivity contribution in [2.45, 2.75) is 33.1 Å². The van der Waals surface area contributed by atoms with E-state index in [1.54, 1.807) is 11.3 Å². The summed E-state index contributed by atoms with van der Waals surface area (Å²) in [6.07, 6.45) is 3.35. The van der Waals surface area contributed by atoms with Gasteiger partial charge in [0.25, 0.3) is 0 Å². The van der Waals surface area contributed by atoms with Crippen LogP contribution in [0.25, 0.3) is 41.7 Å². The van der Waals surface area contributed by atoms with E-state index in [9.17, 15) is 4.79 Å². The van der Waals surface area contributed by atoms with Gasteiger partial charge in [0.15, 0.2) is 5.43 Å². The van der Waals surface area contributed by atoms with Crippen LogP contribution in [0.2, 0.25) is 0 Å². The van der Waals surface area contributed by atoms with Gasteiger partial charge in [-0.3, -0.25) is 4.79 Å². The minimum absolute atomic E-state index is 0.150. The number of hydrogen-bond acceptors (Lipinski definition) is 2. The minimum Gasteiger partial charge on any atom is -0.289 e. The molecule has 3 heteroatoms. The molecule has 1 nitrogen and oxygen atoms in total. The third kappa shape index (κ3) is 3.17. The fourth-order valence-electron chi connectivity index (χ4n) is 4.14. The lowest BCUT2D eigenvalue weighted by Crippen LogP contribution is -2.02. The normalized spacial score (nSPS) is 11.8. The molecule has 0 aliphatic rings. The third-order valence-corrected chi connectivity index (χ3v) is 7.63. The maximum atomic E-state index is 13.3. The van der Waals surface area contributed by atoms with Crippen LogP contribution < -0.4 is 5.43 Å². The Morgan fingerprint density at radius 2 is 1.55 bits per heavy atom. The largest absolute Gasteiger partial charge is 0.289 e. The Morgan fingerprint density at radius 1 is 0.828 bits per heavy atom. The highest BCUT2D eigenvalue weighted by molar-refractivity contribution is 9.10. The quantitative estimate of drug-likeness (QED) is 0.248. The lowest BCUT2D eigenvalue weighted by molar-refractivity contribution is 0.796. The van der Waals surface area contributed by atoms with Crippen molar-refractivity contribution in [3.63, 3.8) is 0 Å². The Hall–Kier alpha value is -2.23. The molecular weight excluding hydrogens is 440 g/mol. The summed E-state index contributed by atoms with van der Waals surface area (Å²) in [5, 5.41) is 6.41. The summed E-state index contributed by atoms with van der Waals surface area (Å²) in [7, 11) is 0. The van der Waals surface area contributed by atoms with Gasteiger partial charge < -0.3 is 0 Å². The molecule has 0 fully saturated rings. The van der Waals surface area contributed by atoms with E-state index < -0.39 is 0 Å². The average Bonchev–Trinajstić information content (AvgIpc) is 2.73. The molecule has 1 heterocycles. The molecule has 0 aliphatic carbocycles. The highest BCUT2D eigenvalue weighted by atomic mass is 79.9. The van der Waals surface area contributed by atoms with E-state index in [1.165, 1.54) is 27.3 Å². The van der Waals surface area contributed by atoms with E-state index in [-0.39, 0.29) is 5.43 Å². The van der Waals surface area contributed by atoms with E-state index in [4.69, 9.17) is 0 Å². The Labute approximate surface area is 182 Å². The van der Waals surface area contributed by atoms with Crippen molar-refractivity contribution in [2.24, 2.45) is 0 Å². The molecule has 0 amide bonds. The summed E-state index contributed by atoms with van der Waals surface area (Å²) in [5.74, 6) is 0. The zero-order chi connectivity index (χ0) is 20.1. The molecule has 0 aliphatic heterocycles. The maximum Gasteiger partial charge on any atom is 0.195 e. The second kappa shape index (κ2) is 7.23. The molecule has 0 saturated carbocycles. The molecule has 0 unspecified atom stereocenters. The maximum absolute atomic E-state index is 13.3. The van der Waals surface area contributed by atoms with Crippen molar-refractivity contribution in [1.82, 2.24) is 0 Å². The average molecular weight is 461 g/mol. The first-order valence-corrected chi connectivity index (χ1v) is 11.7. The number of unbranched alkanes of at least 4 members (excludes halogenated alkanes) is 1. The number of halogens is 1. The van der Waals surface area contributed by atoms with Crippen LogP contribution in [0, 0.1) is 6.92 Å². The van der Waals surface area contributed by atoms with Crippen LogP contribution in [0.5, 0.6) is 0 Å². The van der Waals surface area contributed by atoms with Crippen molar-refractivity contribution in [1.29, 1.82) is 0 Å². The van der Waals surface area contributed by atoms with Crippen LogP contribution in [0.3, 0.4) is 0 Å².